The van der Waals surface area contributed by atoms with Crippen molar-refractivity contribution in [1.29, 1.82) is 0 Å². The highest BCUT2D eigenvalue weighted by atomic mass is 35.5. The van der Waals surface area contributed by atoms with Crippen LogP contribution in [0.5, 0.6) is 5.75 Å². The second-order valence-corrected chi connectivity index (χ2v) is 5.68. The zero-order valence-electron chi connectivity index (χ0n) is 12.2. The Labute approximate surface area is 132 Å². The third-order valence-electron chi connectivity index (χ3n) is 3.26. The molecule has 0 atom stereocenters. The number of aromatic nitrogens is 2. The van der Waals surface area contributed by atoms with Crippen LogP contribution in [0.1, 0.15) is 25.5 Å². The molecular weight excluding hydrogens is 300 g/mol. The van der Waals surface area contributed by atoms with Crippen molar-refractivity contribution in [2.75, 3.05) is 0 Å². The van der Waals surface area contributed by atoms with Gasteiger partial charge in [0.1, 0.15) is 17.1 Å². The summed E-state index contributed by atoms with van der Waals surface area (Å²) in [6.45, 7) is 4.09. The Balaban J connectivity index is 2.14. The molecule has 2 heterocycles. The highest BCUT2D eigenvalue weighted by molar-refractivity contribution is 6.30. The first-order valence-corrected chi connectivity index (χ1v) is 7.31. The van der Waals surface area contributed by atoms with E-state index >= 15 is 0 Å². The predicted octanol–water partition coefficient (Wildman–Crippen LogP) is 5.23. The number of phenols is 1. The summed E-state index contributed by atoms with van der Waals surface area (Å²) in [6, 6.07) is 10.4. The summed E-state index contributed by atoms with van der Waals surface area (Å²) in [6.07, 6.45) is 1.76. The van der Waals surface area contributed by atoms with Crippen molar-refractivity contribution in [3.8, 4) is 5.75 Å². The van der Waals surface area contributed by atoms with Crippen molar-refractivity contribution in [3.63, 3.8) is 0 Å². The van der Waals surface area contributed by atoms with Crippen LogP contribution < -0.4 is 0 Å². The fraction of sp³-hybridized carbons (Fsp3) is 0.188. The van der Waals surface area contributed by atoms with Crippen LogP contribution in [0.4, 0.5) is 11.5 Å². The molecule has 0 aliphatic heterocycles. The second kappa shape index (κ2) is 5.77. The largest absolute Gasteiger partial charge is 0.506 e. The summed E-state index contributed by atoms with van der Waals surface area (Å²) in [7, 11) is 0. The van der Waals surface area contributed by atoms with Crippen LogP contribution in [-0.4, -0.2) is 14.5 Å². The first-order chi connectivity index (χ1) is 10.6. The molecule has 0 unspecified atom stereocenters. The van der Waals surface area contributed by atoms with E-state index in [-0.39, 0.29) is 11.7 Å². The molecule has 0 aliphatic rings. The zero-order valence-corrected chi connectivity index (χ0v) is 13.0. The smallest absolute Gasteiger partial charge is 0.183 e. The molecule has 0 amide bonds. The number of pyridine rings is 1. The number of azo groups is 1. The predicted molar refractivity (Wildman–Crippen MR) is 86.6 cm³/mol. The molecule has 112 valence electrons. The summed E-state index contributed by atoms with van der Waals surface area (Å²) < 4.78 is 1.81. The van der Waals surface area contributed by atoms with E-state index in [0.717, 1.165) is 11.3 Å². The van der Waals surface area contributed by atoms with Crippen LogP contribution in [0.3, 0.4) is 0 Å². The molecule has 2 aromatic heterocycles. The molecular formula is C16H15ClN4O. The Morgan fingerprint density at radius 2 is 1.91 bits per heavy atom. The molecule has 0 spiro atoms. The van der Waals surface area contributed by atoms with Crippen LogP contribution in [-0.2, 0) is 0 Å². The Morgan fingerprint density at radius 3 is 2.64 bits per heavy atom. The summed E-state index contributed by atoms with van der Waals surface area (Å²) in [5, 5.41) is 18.8. The van der Waals surface area contributed by atoms with Gasteiger partial charge in [0.15, 0.2) is 5.82 Å². The van der Waals surface area contributed by atoms with Crippen molar-refractivity contribution in [3.05, 3.63) is 53.3 Å². The van der Waals surface area contributed by atoms with Gasteiger partial charge in [0.05, 0.1) is 10.7 Å². The van der Waals surface area contributed by atoms with Crippen molar-refractivity contribution in [2.24, 2.45) is 10.2 Å². The van der Waals surface area contributed by atoms with Gasteiger partial charge < -0.3 is 5.11 Å². The second-order valence-electron chi connectivity index (χ2n) is 5.24. The number of halogens is 1. The van der Waals surface area contributed by atoms with Gasteiger partial charge in [0, 0.05) is 6.20 Å². The molecule has 0 fully saturated rings. The quantitative estimate of drug-likeness (QED) is 0.672. The Morgan fingerprint density at radius 1 is 1.14 bits per heavy atom. The molecule has 0 saturated heterocycles. The molecule has 0 saturated carbocycles. The van der Waals surface area contributed by atoms with E-state index < -0.39 is 0 Å². The normalized spacial score (nSPS) is 11.8. The first kappa shape index (κ1) is 14.5. The minimum absolute atomic E-state index is 0.0872. The monoisotopic (exact) mass is 314 g/mol. The topological polar surface area (TPSA) is 62.2 Å². The molecule has 3 aromatic rings. The Hall–Kier alpha value is -2.40. The average Bonchev–Trinajstić information content (AvgIpc) is 2.84. The van der Waals surface area contributed by atoms with Gasteiger partial charge in [0.2, 0.25) is 0 Å². The Bertz CT molecular complexity index is 854. The van der Waals surface area contributed by atoms with Crippen LogP contribution in [0.2, 0.25) is 5.02 Å². The molecule has 0 aliphatic carbocycles. The third kappa shape index (κ3) is 2.67. The minimum atomic E-state index is 0.0872. The molecule has 0 bridgehead atoms. The molecule has 3 rings (SSSR count). The van der Waals surface area contributed by atoms with Gasteiger partial charge in [0.25, 0.3) is 0 Å². The molecule has 0 radical (unpaired) electrons. The number of phenolic OH excluding ortho intramolecular Hbond substituents is 1. The van der Waals surface area contributed by atoms with E-state index in [1.807, 2.05) is 19.9 Å². The molecule has 1 N–H and O–H groups in total. The van der Waals surface area contributed by atoms with E-state index in [0.29, 0.717) is 16.5 Å². The van der Waals surface area contributed by atoms with E-state index in [2.05, 4.69) is 15.2 Å². The third-order valence-corrected chi connectivity index (χ3v) is 3.49. The van der Waals surface area contributed by atoms with Crippen molar-refractivity contribution in [2.45, 2.75) is 19.8 Å². The lowest BCUT2D eigenvalue weighted by Crippen LogP contribution is -1.87. The number of aromatic hydroxyl groups is 1. The first-order valence-electron chi connectivity index (χ1n) is 6.93. The molecule has 22 heavy (non-hydrogen) atoms. The van der Waals surface area contributed by atoms with Crippen LogP contribution in [0.15, 0.2) is 52.8 Å². The van der Waals surface area contributed by atoms with Crippen LogP contribution in [0.25, 0.3) is 5.65 Å². The van der Waals surface area contributed by atoms with E-state index in [9.17, 15) is 5.11 Å². The number of para-hydroxylation sites is 1. The molecule has 5 nitrogen and oxygen atoms in total. The standard InChI is InChI=1S/C16H15ClN4O/c1-10(2)15-16(20-19-12-5-3-4-6-13(12)22)21-9-11(17)7-8-14(21)18-15/h3-10,22H,1-2H3. The summed E-state index contributed by atoms with van der Waals surface area (Å²) in [5.74, 6) is 0.900. The van der Waals surface area contributed by atoms with Gasteiger partial charge in [-0.1, -0.05) is 37.6 Å². The number of rotatable bonds is 3. The maximum atomic E-state index is 9.78. The fourth-order valence-electron chi connectivity index (χ4n) is 2.16. The number of benzene rings is 1. The van der Waals surface area contributed by atoms with Crippen molar-refractivity contribution < 1.29 is 5.11 Å². The number of fused-ring (bicyclic) bond motifs is 1. The molecule has 6 heteroatoms. The minimum Gasteiger partial charge on any atom is -0.506 e. The van der Waals surface area contributed by atoms with E-state index in [4.69, 9.17) is 11.6 Å². The summed E-state index contributed by atoms with van der Waals surface area (Å²) in [4.78, 5) is 4.58. The highest BCUT2D eigenvalue weighted by Crippen LogP contribution is 2.32. The van der Waals surface area contributed by atoms with Gasteiger partial charge in [-0.25, -0.2) is 4.98 Å². The van der Waals surface area contributed by atoms with Gasteiger partial charge in [-0.3, -0.25) is 4.40 Å². The maximum Gasteiger partial charge on any atom is 0.183 e. The number of nitrogens with zero attached hydrogens (tertiary/aromatic N) is 4. The SMILES string of the molecule is CC(C)c1nc2ccc(Cl)cn2c1N=Nc1ccccc1O. The lowest BCUT2D eigenvalue weighted by molar-refractivity contribution is 0.476. The van der Waals surface area contributed by atoms with E-state index in [1.54, 1.807) is 40.9 Å². The van der Waals surface area contributed by atoms with Crippen molar-refractivity contribution in [1.82, 2.24) is 9.38 Å². The van der Waals surface area contributed by atoms with Gasteiger partial charge >= 0.3 is 0 Å². The fourth-order valence-corrected chi connectivity index (χ4v) is 2.32. The lowest BCUT2D eigenvalue weighted by Gasteiger charge is -2.02. The summed E-state index contributed by atoms with van der Waals surface area (Å²) >= 11 is 6.06. The zero-order chi connectivity index (χ0) is 15.7. The van der Waals surface area contributed by atoms with Gasteiger partial charge in [-0.05, 0) is 30.2 Å². The summed E-state index contributed by atoms with van der Waals surface area (Å²) in [5.41, 5.74) is 2.01. The van der Waals surface area contributed by atoms with Crippen molar-refractivity contribution >= 4 is 28.8 Å². The lowest BCUT2D eigenvalue weighted by atomic mass is 10.1. The number of imidazole rings is 1. The number of hydrogen-bond donors (Lipinski definition) is 1. The maximum absolute atomic E-state index is 9.78. The van der Waals surface area contributed by atoms with Gasteiger partial charge in [-0.15, -0.1) is 10.2 Å². The van der Waals surface area contributed by atoms with Crippen LogP contribution in [0, 0.1) is 0 Å². The number of hydrogen-bond acceptors (Lipinski definition) is 4. The van der Waals surface area contributed by atoms with E-state index in [1.165, 1.54) is 0 Å². The Kier molecular flexibility index (Phi) is 3.81. The molecule has 1 aromatic carbocycles. The average molecular weight is 315 g/mol. The van der Waals surface area contributed by atoms with Gasteiger partial charge in [-0.2, -0.15) is 0 Å². The van der Waals surface area contributed by atoms with Crippen LogP contribution >= 0.6 is 11.6 Å². The highest BCUT2D eigenvalue weighted by Gasteiger charge is 2.15.